The molecule has 1 heterocycles. The number of esters is 1. The number of carbonyl (C=O) groups is 2. The number of ether oxygens (including phenoxy) is 2. The van der Waals surface area contributed by atoms with Crippen molar-refractivity contribution in [1.82, 2.24) is 10.3 Å². The first-order valence-electron chi connectivity index (χ1n) is 18.3. The molecule has 1 aromatic carbocycles. The van der Waals surface area contributed by atoms with Crippen molar-refractivity contribution in [3.8, 4) is 5.75 Å². The lowest BCUT2D eigenvalue weighted by Gasteiger charge is -2.60. The van der Waals surface area contributed by atoms with Crippen molar-refractivity contribution in [2.75, 3.05) is 19.0 Å². The van der Waals surface area contributed by atoms with Gasteiger partial charge in [-0.2, -0.15) is 0 Å². The Bertz CT molecular complexity index is 1320. The Kier molecular flexibility index (Phi) is 11.5. The van der Waals surface area contributed by atoms with E-state index in [1.54, 1.807) is 13.3 Å². The summed E-state index contributed by atoms with van der Waals surface area (Å²) in [6.07, 6.45) is 19.9. The van der Waals surface area contributed by atoms with Crippen molar-refractivity contribution in [2.24, 2.45) is 34.5 Å². The molecule has 0 radical (unpaired) electrons. The van der Waals surface area contributed by atoms with Crippen molar-refractivity contribution < 1.29 is 19.1 Å². The van der Waals surface area contributed by atoms with Gasteiger partial charge in [-0.05, 0) is 119 Å². The largest absolute Gasteiger partial charge is 0.497 e. The lowest BCUT2D eigenvalue weighted by Crippen LogP contribution is -2.53. The van der Waals surface area contributed by atoms with Gasteiger partial charge in [0.15, 0.2) is 0 Å². The van der Waals surface area contributed by atoms with Gasteiger partial charge in [-0.25, -0.2) is 0 Å². The number of methoxy groups -OCH3 is 1. The Hall–Kier alpha value is -2.83. The molecule has 8 unspecified atom stereocenters. The molecule has 1 amide bonds. The van der Waals surface area contributed by atoms with E-state index < -0.39 is 0 Å². The monoisotopic (exact) mass is 633 g/mol. The normalized spacial score (nSPS) is 32.1. The van der Waals surface area contributed by atoms with Crippen molar-refractivity contribution in [3.63, 3.8) is 0 Å². The summed E-state index contributed by atoms with van der Waals surface area (Å²) in [5.74, 6) is 4.48. The van der Waals surface area contributed by atoms with Gasteiger partial charge in [0.05, 0.1) is 18.3 Å². The van der Waals surface area contributed by atoms with Gasteiger partial charge in [0.2, 0.25) is 6.41 Å². The van der Waals surface area contributed by atoms with E-state index in [1.165, 1.54) is 57.8 Å². The van der Waals surface area contributed by atoms with E-state index in [2.05, 4.69) is 43.3 Å². The van der Waals surface area contributed by atoms with E-state index in [1.807, 2.05) is 24.3 Å². The minimum Gasteiger partial charge on any atom is -0.497 e. The second kappa shape index (κ2) is 15.4. The van der Waals surface area contributed by atoms with Crippen LogP contribution in [0, 0.1) is 34.5 Å². The Balaban J connectivity index is 0.000000184. The van der Waals surface area contributed by atoms with Crippen molar-refractivity contribution in [2.45, 2.75) is 130 Å². The Morgan fingerprint density at radius 2 is 1.89 bits per heavy atom. The molecule has 2 N–H and O–H groups in total. The highest BCUT2D eigenvalue weighted by Crippen LogP contribution is 2.66. The van der Waals surface area contributed by atoms with Crippen LogP contribution in [-0.2, 0) is 14.3 Å². The molecular weight excluding hydrogens is 574 g/mol. The fourth-order valence-corrected chi connectivity index (χ4v) is 10.2. The number of hydrogen-bond acceptors (Lipinski definition) is 6. The van der Waals surface area contributed by atoms with Crippen LogP contribution in [0.4, 0.5) is 5.69 Å². The molecule has 2 aromatic rings. The summed E-state index contributed by atoms with van der Waals surface area (Å²) in [4.78, 5) is 26.8. The number of nitrogens with one attached hydrogen (secondary N) is 2. The Labute approximate surface area is 277 Å². The summed E-state index contributed by atoms with van der Waals surface area (Å²) in [6, 6.07) is 8.17. The third kappa shape index (κ3) is 7.33. The highest BCUT2D eigenvalue weighted by molar-refractivity contribution is 5.91. The van der Waals surface area contributed by atoms with Crippen LogP contribution in [0.15, 0.2) is 30.5 Å². The third-order valence-electron chi connectivity index (χ3n) is 12.6. The predicted molar refractivity (Wildman–Crippen MR) is 186 cm³/mol. The maximum atomic E-state index is 12.1. The second-order valence-electron chi connectivity index (χ2n) is 15.3. The molecule has 1 aromatic heterocycles. The first-order chi connectivity index (χ1) is 22.2. The average Bonchev–Trinajstić information content (AvgIpc) is 3.38. The van der Waals surface area contributed by atoms with Gasteiger partial charge >= 0.3 is 5.97 Å². The molecule has 6 rings (SSSR count). The van der Waals surface area contributed by atoms with Crippen LogP contribution >= 0.6 is 0 Å². The molecule has 4 aliphatic carbocycles. The van der Waals surface area contributed by atoms with Gasteiger partial charge in [-0.3, -0.25) is 14.6 Å². The molecule has 0 saturated heterocycles. The summed E-state index contributed by atoms with van der Waals surface area (Å²) >= 11 is 0. The molecule has 4 saturated carbocycles. The number of benzene rings is 1. The second-order valence-corrected chi connectivity index (χ2v) is 15.3. The molecule has 46 heavy (non-hydrogen) atoms. The van der Waals surface area contributed by atoms with E-state index >= 15 is 0 Å². The third-order valence-corrected chi connectivity index (χ3v) is 12.6. The summed E-state index contributed by atoms with van der Waals surface area (Å²) in [6.45, 7) is 9.99. The molecule has 0 bridgehead atoms. The lowest BCUT2D eigenvalue weighted by molar-refractivity contribution is -0.163. The van der Waals surface area contributed by atoms with Crippen LogP contribution in [0.1, 0.15) is 118 Å². The zero-order valence-corrected chi connectivity index (χ0v) is 29.1. The zero-order valence-electron chi connectivity index (χ0n) is 29.1. The first-order valence-corrected chi connectivity index (χ1v) is 18.3. The number of carbonyl (C=O) groups excluding carboxylic acids is 2. The van der Waals surface area contributed by atoms with Crippen LogP contribution in [-0.4, -0.2) is 43.2 Å². The van der Waals surface area contributed by atoms with Gasteiger partial charge < -0.3 is 20.1 Å². The molecule has 7 heteroatoms. The number of anilines is 1. The lowest BCUT2D eigenvalue weighted by atomic mass is 9.45. The summed E-state index contributed by atoms with van der Waals surface area (Å²) in [5, 5.41) is 7.20. The zero-order chi connectivity index (χ0) is 32.7. The standard InChI is InChI=1S/C23H38O2.C16H21N3O2/c1-4-7-21(24)25-20-12-11-18-17-10-9-16-8-5-6-14-22(16,2)19(17)13-15-23(18,20)3;1-12(5-3-7-17-11-20)19-15-10-14(21-2)9-13-6-4-8-18-16(13)15/h16-20H,4-15H2,1-3H3;4,6,8-12,19H,3,5,7H2,1-2H3,(H,17,20). The molecule has 254 valence electrons. The smallest absolute Gasteiger partial charge is 0.306 e. The SMILES string of the molecule is CCCC(=O)OC1CCC2C3CCC4CCCCC4(C)C3CCC12C.COc1cc(NC(C)CCCNC=O)c2ncccc2c1. The molecule has 4 fully saturated rings. The first kappa shape index (κ1) is 34.5. The molecular formula is C39H59N3O4. The van der Waals surface area contributed by atoms with E-state index in [4.69, 9.17) is 9.47 Å². The number of rotatable bonds is 11. The Morgan fingerprint density at radius 3 is 2.67 bits per heavy atom. The summed E-state index contributed by atoms with van der Waals surface area (Å²) in [7, 11) is 1.66. The number of pyridine rings is 1. The van der Waals surface area contributed by atoms with E-state index in [0.717, 1.165) is 78.1 Å². The molecule has 0 aliphatic heterocycles. The molecule has 0 spiro atoms. The number of aromatic nitrogens is 1. The van der Waals surface area contributed by atoms with Crippen LogP contribution < -0.4 is 15.4 Å². The van der Waals surface area contributed by atoms with Gasteiger partial charge in [0.1, 0.15) is 11.9 Å². The molecule has 7 nitrogen and oxygen atoms in total. The van der Waals surface area contributed by atoms with E-state index in [0.29, 0.717) is 18.4 Å². The van der Waals surface area contributed by atoms with Crippen molar-refractivity contribution in [3.05, 3.63) is 30.5 Å². The van der Waals surface area contributed by atoms with Gasteiger partial charge in [0, 0.05) is 42.1 Å². The minimum absolute atomic E-state index is 0.0412. The fraction of sp³-hybridized carbons (Fsp3) is 0.718. The van der Waals surface area contributed by atoms with E-state index in [9.17, 15) is 9.59 Å². The van der Waals surface area contributed by atoms with Gasteiger partial charge in [-0.1, -0.05) is 39.7 Å². The highest BCUT2D eigenvalue weighted by Gasteiger charge is 2.60. The van der Waals surface area contributed by atoms with Crippen molar-refractivity contribution in [1.29, 1.82) is 0 Å². The highest BCUT2D eigenvalue weighted by atomic mass is 16.5. The number of nitrogens with zero attached hydrogens (tertiary/aromatic N) is 1. The van der Waals surface area contributed by atoms with Crippen LogP contribution in [0.25, 0.3) is 10.9 Å². The topological polar surface area (TPSA) is 89.5 Å². The number of amides is 1. The maximum absolute atomic E-state index is 12.1. The maximum Gasteiger partial charge on any atom is 0.306 e. The van der Waals surface area contributed by atoms with Crippen LogP contribution in [0.5, 0.6) is 5.75 Å². The average molecular weight is 634 g/mol. The minimum atomic E-state index is 0.0412. The van der Waals surface area contributed by atoms with Gasteiger partial charge in [-0.15, -0.1) is 0 Å². The van der Waals surface area contributed by atoms with Crippen LogP contribution in [0.3, 0.4) is 0 Å². The number of fused-ring (bicyclic) bond motifs is 6. The molecule has 8 atom stereocenters. The predicted octanol–water partition coefficient (Wildman–Crippen LogP) is 8.70. The van der Waals surface area contributed by atoms with Crippen molar-refractivity contribution >= 4 is 29.0 Å². The fourth-order valence-electron chi connectivity index (χ4n) is 10.2. The quantitative estimate of drug-likeness (QED) is 0.146. The molecule has 4 aliphatic rings. The van der Waals surface area contributed by atoms with Gasteiger partial charge in [0.25, 0.3) is 0 Å². The van der Waals surface area contributed by atoms with Crippen LogP contribution in [0.2, 0.25) is 0 Å². The number of hydrogen-bond donors (Lipinski definition) is 2. The van der Waals surface area contributed by atoms with E-state index in [-0.39, 0.29) is 23.5 Å². The summed E-state index contributed by atoms with van der Waals surface area (Å²) < 4.78 is 11.3. The summed E-state index contributed by atoms with van der Waals surface area (Å²) in [5.41, 5.74) is 2.78. The Morgan fingerprint density at radius 1 is 1.07 bits per heavy atom.